The van der Waals surface area contributed by atoms with Gasteiger partial charge in [0.15, 0.2) is 11.5 Å². The van der Waals surface area contributed by atoms with Crippen molar-refractivity contribution >= 4 is 50.6 Å². The van der Waals surface area contributed by atoms with Gasteiger partial charge in [-0.1, -0.05) is 18.2 Å². The van der Waals surface area contributed by atoms with Crippen LogP contribution in [0.1, 0.15) is 35.5 Å². The van der Waals surface area contributed by atoms with Crippen LogP contribution in [0.2, 0.25) is 0 Å². The molecule has 8 nitrogen and oxygen atoms in total. The Balaban J connectivity index is 1.70. The molecule has 1 N–H and O–H groups in total. The minimum absolute atomic E-state index is 0.115. The van der Waals surface area contributed by atoms with Gasteiger partial charge in [-0.3, -0.25) is 10.2 Å². The molecule has 0 spiro atoms. The number of aromatic nitrogens is 1. The Labute approximate surface area is 203 Å². The Bertz CT molecular complexity index is 1130. The standard InChI is InChI=1S/C23H22BrN3O5S/c1-3-30-19-11-15(10-18(24)21(19)32-22(29)16-8-6-5-7-9-16)13-25-27-23-26-17(14-33-23)12-20(28)31-4-2/h5-11,13-14H,3-4,12H2,1-2H3,(H,26,27). The monoisotopic (exact) mass is 531 g/mol. The molecular formula is C23H22BrN3O5S. The molecule has 0 bridgehead atoms. The largest absolute Gasteiger partial charge is 0.490 e. The lowest BCUT2D eigenvalue weighted by molar-refractivity contribution is -0.142. The molecule has 0 unspecified atom stereocenters. The first-order valence-corrected chi connectivity index (χ1v) is 11.8. The summed E-state index contributed by atoms with van der Waals surface area (Å²) in [6.45, 7) is 4.33. The number of thiazole rings is 1. The summed E-state index contributed by atoms with van der Waals surface area (Å²) in [5.74, 6) is -0.107. The molecule has 0 aliphatic heterocycles. The van der Waals surface area contributed by atoms with E-state index >= 15 is 0 Å². The Kier molecular flexibility index (Phi) is 8.96. The molecule has 0 atom stereocenters. The molecule has 0 radical (unpaired) electrons. The number of rotatable bonds is 10. The van der Waals surface area contributed by atoms with Gasteiger partial charge in [0.1, 0.15) is 0 Å². The number of halogens is 1. The number of carbonyl (C=O) groups excluding carboxylic acids is 2. The number of hydrazone groups is 1. The van der Waals surface area contributed by atoms with Gasteiger partial charge in [0.2, 0.25) is 5.13 Å². The molecule has 0 amide bonds. The summed E-state index contributed by atoms with van der Waals surface area (Å²) in [6, 6.07) is 12.2. The van der Waals surface area contributed by atoms with E-state index in [9.17, 15) is 9.59 Å². The normalized spacial score (nSPS) is 10.8. The number of benzene rings is 2. The van der Waals surface area contributed by atoms with Crippen LogP contribution in [0, 0.1) is 0 Å². The van der Waals surface area contributed by atoms with Gasteiger partial charge in [-0.25, -0.2) is 9.78 Å². The zero-order valence-corrected chi connectivity index (χ0v) is 20.4. The highest BCUT2D eigenvalue weighted by atomic mass is 79.9. The van der Waals surface area contributed by atoms with E-state index in [1.165, 1.54) is 11.3 Å². The van der Waals surface area contributed by atoms with Crippen LogP contribution in [0.15, 0.2) is 57.4 Å². The van der Waals surface area contributed by atoms with Gasteiger partial charge >= 0.3 is 11.9 Å². The van der Waals surface area contributed by atoms with Crippen LogP contribution in [0.3, 0.4) is 0 Å². The van der Waals surface area contributed by atoms with E-state index in [0.29, 0.717) is 51.1 Å². The van der Waals surface area contributed by atoms with Crippen LogP contribution < -0.4 is 14.9 Å². The highest BCUT2D eigenvalue weighted by Crippen LogP contribution is 2.37. The van der Waals surface area contributed by atoms with Crippen LogP contribution in [0.25, 0.3) is 0 Å². The van der Waals surface area contributed by atoms with Gasteiger partial charge in [-0.15, -0.1) is 11.3 Å². The lowest BCUT2D eigenvalue weighted by Crippen LogP contribution is -2.10. The quantitative estimate of drug-likeness (QED) is 0.168. The van der Waals surface area contributed by atoms with Crippen molar-refractivity contribution in [3.05, 3.63) is 69.1 Å². The van der Waals surface area contributed by atoms with Crippen molar-refractivity contribution in [3.63, 3.8) is 0 Å². The average Bonchev–Trinajstić information content (AvgIpc) is 3.24. The molecule has 0 saturated carbocycles. The zero-order chi connectivity index (χ0) is 23.6. The van der Waals surface area contributed by atoms with Crippen LogP contribution in [-0.2, 0) is 16.0 Å². The number of carbonyl (C=O) groups is 2. The number of hydrogen-bond acceptors (Lipinski definition) is 9. The number of nitrogens with zero attached hydrogens (tertiary/aromatic N) is 2. The first-order valence-electron chi connectivity index (χ1n) is 10.1. The second-order valence-corrected chi connectivity index (χ2v) is 8.23. The van der Waals surface area contributed by atoms with Gasteiger partial charge in [-0.2, -0.15) is 5.10 Å². The SMILES string of the molecule is CCOC(=O)Cc1csc(NN=Cc2cc(Br)c(OC(=O)c3ccccc3)c(OCC)c2)n1. The summed E-state index contributed by atoms with van der Waals surface area (Å²) >= 11 is 4.78. The maximum Gasteiger partial charge on any atom is 0.343 e. The van der Waals surface area contributed by atoms with Gasteiger partial charge < -0.3 is 14.2 Å². The van der Waals surface area contributed by atoms with E-state index in [1.807, 2.05) is 13.0 Å². The van der Waals surface area contributed by atoms with Gasteiger partial charge in [0.05, 0.1) is 41.6 Å². The molecule has 0 saturated heterocycles. The Morgan fingerprint density at radius 2 is 1.97 bits per heavy atom. The van der Waals surface area contributed by atoms with E-state index in [1.54, 1.807) is 54.9 Å². The average molecular weight is 532 g/mol. The van der Waals surface area contributed by atoms with Crippen LogP contribution >= 0.6 is 27.3 Å². The van der Waals surface area contributed by atoms with Crippen molar-refractivity contribution in [3.8, 4) is 11.5 Å². The van der Waals surface area contributed by atoms with Crippen molar-refractivity contribution in [2.45, 2.75) is 20.3 Å². The number of anilines is 1. The van der Waals surface area contributed by atoms with Crippen molar-refractivity contribution in [2.24, 2.45) is 5.10 Å². The summed E-state index contributed by atoms with van der Waals surface area (Å²) in [5.41, 5.74) is 4.60. The van der Waals surface area contributed by atoms with E-state index in [-0.39, 0.29) is 12.4 Å². The molecule has 0 aliphatic rings. The van der Waals surface area contributed by atoms with E-state index in [2.05, 4.69) is 31.4 Å². The molecule has 1 heterocycles. The van der Waals surface area contributed by atoms with Crippen molar-refractivity contribution < 1.29 is 23.8 Å². The number of ether oxygens (including phenoxy) is 3. The minimum Gasteiger partial charge on any atom is -0.490 e. The maximum absolute atomic E-state index is 12.5. The molecule has 0 aliphatic carbocycles. The Morgan fingerprint density at radius 3 is 2.70 bits per heavy atom. The molecule has 3 rings (SSSR count). The summed E-state index contributed by atoms with van der Waals surface area (Å²) in [5, 5.41) is 6.51. The summed E-state index contributed by atoms with van der Waals surface area (Å²) in [4.78, 5) is 28.3. The minimum atomic E-state index is -0.484. The first-order chi connectivity index (χ1) is 16.0. The zero-order valence-electron chi connectivity index (χ0n) is 18.0. The fraction of sp³-hybridized carbons (Fsp3) is 0.217. The summed E-state index contributed by atoms with van der Waals surface area (Å²) < 4.78 is 16.7. The first kappa shape index (κ1) is 24.4. The van der Waals surface area contributed by atoms with Gasteiger partial charge in [0, 0.05) is 5.38 Å². The fourth-order valence-electron chi connectivity index (χ4n) is 2.71. The van der Waals surface area contributed by atoms with Crippen LogP contribution in [0.4, 0.5) is 5.13 Å². The topological polar surface area (TPSA) is 99.1 Å². The molecule has 33 heavy (non-hydrogen) atoms. The third-order valence-electron chi connectivity index (χ3n) is 4.09. The van der Waals surface area contributed by atoms with Crippen molar-refractivity contribution in [2.75, 3.05) is 18.6 Å². The van der Waals surface area contributed by atoms with Crippen molar-refractivity contribution in [1.29, 1.82) is 0 Å². The van der Waals surface area contributed by atoms with Gasteiger partial charge in [0.25, 0.3) is 0 Å². The third kappa shape index (κ3) is 7.13. The summed E-state index contributed by atoms with van der Waals surface area (Å²) in [7, 11) is 0. The number of esters is 2. The van der Waals surface area contributed by atoms with Crippen LogP contribution in [0.5, 0.6) is 11.5 Å². The Hall–Kier alpha value is -3.24. The summed E-state index contributed by atoms with van der Waals surface area (Å²) in [6.07, 6.45) is 1.70. The van der Waals surface area contributed by atoms with E-state index < -0.39 is 5.97 Å². The maximum atomic E-state index is 12.5. The Morgan fingerprint density at radius 1 is 1.18 bits per heavy atom. The highest BCUT2D eigenvalue weighted by Gasteiger charge is 2.17. The second kappa shape index (κ2) is 12.1. The van der Waals surface area contributed by atoms with Crippen LogP contribution in [-0.4, -0.2) is 36.4 Å². The number of nitrogens with one attached hydrogen (secondary N) is 1. The molecule has 172 valence electrons. The molecule has 3 aromatic rings. The predicted molar refractivity (Wildman–Crippen MR) is 130 cm³/mol. The fourth-order valence-corrected chi connectivity index (χ4v) is 3.91. The van der Waals surface area contributed by atoms with E-state index in [0.717, 1.165) is 0 Å². The molecule has 2 aromatic carbocycles. The molecular weight excluding hydrogens is 510 g/mol. The predicted octanol–water partition coefficient (Wildman–Crippen LogP) is 5.08. The molecule has 0 fully saturated rings. The van der Waals surface area contributed by atoms with Crippen molar-refractivity contribution in [1.82, 2.24) is 4.98 Å². The lowest BCUT2D eigenvalue weighted by atomic mass is 10.2. The molecule has 10 heteroatoms. The number of hydrogen-bond donors (Lipinski definition) is 1. The third-order valence-corrected chi connectivity index (χ3v) is 5.48. The second-order valence-electron chi connectivity index (χ2n) is 6.51. The molecule has 1 aromatic heterocycles. The highest BCUT2D eigenvalue weighted by molar-refractivity contribution is 9.10. The van der Waals surface area contributed by atoms with Gasteiger partial charge in [-0.05, 0) is 59.6 Å². The smallest absolute Gasteiger partial charge is 0.343 e. The van der Waals surface area contributed by atoms with E-state index in [4.69, 9.17) is 14.2 Å². The lowest BCUT2D eigenvalue weighted by Gasteiger charge is -2.13.